The molecule has 1 N–H and O–H groups in total. The molecule has 0 unspecified atom stereocenters. The van der Waals surface area contributed by atoms with E-state index >= 15 is 0 Å². The summed E-state index contributed by atoms with van der Waals surface area (Å²) in [5.41, 5.74) is 3.44. The van der Waals surface area contributed by atoms with E-state index in [0.29, 0.717) is 13.2 Å². The van der Waals surface area contributed by atoms with Crippen molar-refractivity contribution < 1.29 is 9.47 Å². The first-order chi connectivity index (χ1) is 10.3. The fraction of sp³-hybridized carbons (Fsp3) is 0.294. The minimum atomic E-state index is 0.593. The van der Waals surface area contributed by atoms with Crippen molar-refractivity contribution in [1.29, 1.82) is 0 Å². The van der Waals surface area contributed by atoms with Crippen molar-refractivity contribution in [2.24, 2.45) is 0 Å². The van der Waals surface area contributed by atoms with Gasteiger partial charge in [-0.15, -0.1) is 0 Å². The van der Waals surface area contributed by atoms with Crippen LogP contribution in [0.5, 0.6) is 11.5 Å². The van der Waals surface area contributed by atoms with E-state index in [2.05, 4.69) is 24.4 Å². The van der Waals surface area contributed by atoms with E-state index in [0.717, 1.165) is 40.7 Å². The number of nitrogens with one attached hydrogen (secondary N) is 1. The molecule has 0 saturated heterocycles. The van der Waals surface area contributed by atoms with Gasteiger partial charge in [-0.05, 0) is 47.5 Å². The van der Waals surface area contributed by atoms with Crippen molar-refractivity contribution in [3.05, 3.63) is 47.0 Å². The van der Waals surface area contributed by atoms with Crippen molar-refractivity contribution >= 4 is 11.6 Å². The number of benzene rings is 2. The van der Waals surface area contributed by atoms with Gasteiger partial charge in [0.25, 0.3) is 0 Å². The molecule has 21 heavy (non-hydrogen) atoms. The predicted octanol–water partition coefficient (Wildman–Crippen LogP) is 3.89. The number of ether oxygens (including phenoxy) is 2. The summed E-state index contributed by atoms with van der Waals surface area (Å²) in [6, 6.07) is 12.0. The van der Waals surface area contributed by atoms with Crippen molar-refractivity contribution in [2.75, 3.05) is 19.8 Å². The van der Waals surface area contributed by atoms with E-state index in [1.165, 1.54) is 5.56 Å². The van der Waals surface area contributed by atoms with Crippen molar-refractivity contribution in [1.82, 2.24) is 5.32 Å². The molecule has 1 aliphatic heterocycles. The lowest BCUT2D eigenvalue weighted by Gasteiger charge is -2.19. The average molecular weight is 304 g/mol. The molecule has 2 aromatic rings. The van der Waals surface area contributed by atoms with Crippen LogP contribution in [0.15, 0.2) is 36.4 Å². The lowest BCUT2D eigenvalue weighted by atomic mass is 9.99. The van der Waals surface area contributed by atoms with Crippen molar-refractivity contribution in [3.63, 3.8) is 0 Å². The van der Waals surface area contributed by atoms with Crippen LogP contribution in [0, 0.1) is 0 Å². The average Bonchev–Trinajstić information content (AvgIpc) is 2.53. The van der Waals surface area contributed by atoms with Crippen LogP contribution in [0.25, 0.3) is 11.1 Å². The fourth-order valence-corrected chi connectivity index (χ4v) is 2.61. The Morgan fingerprint density at radius 1 is 1.05 bits per heavy atom. The summed E-state index contributed by atoms with van der Waals surface area (Å²) in [6.07, 6.45) is 0. The van der Waals surface area contributed by atoms with Crippen LogP contribution < -0.4 is 14.8 Å². The molecule has 2 aromatic carbocycles. The summed E-state index contributed by atoms with van der Waals surface area (Å²) in [7, 11) is 0. The fourth-order valence-electron chi connectivity index (χ4n) is 2.44. The molecule has 0 radical (unpaired) electrons. The van der Waals surface area contributed by atoms with Crippen LogP contribution in [0.2, 0.25) is 5.02 Å². The molecule has 3 rings (SSSR count). The molecule has 0 atom stereocenters. The van der Waals surface area contributed by atoms with Gasteiger partial charge in [-0.25, -0.2) is 0 Å². The third-order valence-electron chi connectivity index (χ3n) is 3.49. The summed E-state index contributed by atoms with van der Waals surface area (Å²) in [6.45, 7) is 5.05. The Morgan fingerprint density at radius 3 is 2.67 bits per heavy atom. The van der Waals surface area contributed by atoms with Crippen LogP contribution >= 0.6 is 11.6 Å². The molecule has 110 valence electrons. The Morgan fingerprint density at radius 2 is 1.86 bits per heavy atom. The molecule has 0 spiro atoms. The number of fused-ring (bicyclic) bond motifs is 1. The Kier molecular flexibility index (Phi) is 4.32. The van der Waals surface area contributed by atoms with Gasteiger partial charge in [0.1, 0.15) is 13.2 Å². The number of rotatable bonds is 4. The van der Waals surface area contributed by atoms with Crippen LogP contribution in [0.4, 0.5) is 0 Å². The van der Waals surface area contributed by atoms with Crippen LogP contribution in [0.3, 0.4) is 0 Å². The zero-order chi connectivity index (χ0) is 14.7. The summed E-state index contributed by atoms with van der Waals surface area (Å²) >= 11 is 6.17. The molecule has 0 amide bonds. The van der Waals surface area contributed by atoms with Gasteiger partial charge in [0.05, 0.1) is 0 Å². The molecule has 1 aliphatic rings. The maximum absolute atomic E-state index is 6.17. The van der Waals surface area contributed by atoms with Crippen LogP contribution in [-0.2, 0) is 6.54 Å². The minimum absolute atomic E-state index is 0.593. The molecule has 4 heteroatoms. The summed E-state index contributed by atoms with van der Waals surface area (Å²) in [4.78, 5) is 0. The summed E-state index contributed by atoms with van der Waals surface area (Å²) < 4.78 is 11.2. The van der Waals surface area contributed by atoms with Gasteiger partial charge in [0.15, 0.2) is 11.5 Å². The molecule has 1 heterocycles. The zero-order valence-corrected chi connectivity index (χ0v) is 12.7. The van der Waals surface area contributed by atoms with Gasteiger partial charge in [-0.1, -0.05) is 30.7 Å². The van der Waals surface area contributed by atoms with E-state index in [-0.39, 0.29) is 0 Å². The second-order valence-electron chi connectivity index (χ2n) is 4.94. The standard InChI is InChI=1S/C17H18ClNO2/c1-2-19-11-13-3-5-14(18)10-15(13)12-4-6-16-17(9-12)21-8-7-20-16/h3-6,9-10,19H,2,7-8,11H2,1H3. The maximum Gasteiger partial charge on any atom is 0.161 e. The third kappa shape index (κ3) is 3.14. The maximum atomic E-state index is 6.17. The summed E-state index contributed by atoms with van der Waals surface area (Å²) in [5, 5.41) is 4.09. The molecule has 0 aliphatic carbocycles. The number of hydrogen-bond acceptors (Lipinski definition) is 3. The molecular weight excluding hydrogens is 286 g/mol. The largest absolute Gasteiger partial charge is 0.486 e. The Bertz CT molecular complexity index is 643. The first-order valence-corrected chi connectivity index (χ1v) is 7.55. The normalized spacial score (nSPS) is 13.2. The molecule has 0 bridgehead atoms. The second kappa shape index (κ2) is 6.37. The summed E-state index contributed by atoms with van der Waals surface area (Å²) in [5.74, 6) is 1.60. The monoisotopic (exact) mass is 303 g/mol. The van der Waals surface area contributed by atoms with E-state index in [1.54, 1.807) is 0 Å². The Hall–Kier alpha value is -1.71. The topological polar surface area (TPSA) is 30.5 Å². The highest BCUT2D eigenvalue weighted by Gasteiger charge is 2.14. The first-order valence-electron chi connectivity index (χ1n) is 7.17. The van der Waals surface area contributed by atoms with E-state index in [9.17, 15) is 0 Å². The molecule has 0 fully saturated rings. The second-order valence-corrected chi connectivity index (χ2v) is 5.38. The van der Waals surface area contributed by atoms with E-state index in [4.69, 9.17) is 21.1 Å². The quantitative estimate of drug-likeness (QED) is 0.929. The van der Waals surface area contributed by atoms with Gasteiger partial charge in [0.2, 0.25) is 0 Å². The highest BCUT2D eigenvalue weighted by atomic mass is 35.5. The highest BCUT2D eigenvalue weighted by molar-refractivity contribution is 6.30. The number of hydrogen-bond donors (Lipinski definition) is 1. The Balaban J connectivity index is 2.00. The Labute approximate surface area is 129 Å². The SMILES string of the molecule is CCNCc1ccc(Cl)cc1-c1ccc2c(c1)OCCO2. The van der Waals surface area contributed by atoms with Crippen LogP contribution in [0.1, 0.15) is 12.5 Å². The van der Waals surface area contributed by atoms with Crippen molar-refractivity contribution in [2.45, 2.75) is 13.5 Å². The molecule has 0 saturated carbocycles. The first kappa shape index (κ1) is 14.2. The lowest BCUT2D eigenvalue weighted by Crippen LogP contribution is -2.15. The minimum Gasteiger partial charge on any atom is -0.486 e. The zero-order valence-electron chi connectivity index (χ0n) is 12.0. The van der Waals surface area contributed by atoms with Crippen molar-refractivity contribution in [3.8, 4) is 22.6 Å². The molecular formula is C17H18ClNO2. The van der Waals surface area contributed by atoms with E-state index in [1.807, 2.05) is 24.3 Å². The van der Waals surface area contributed by atoms with Gasteiger partial charge < -0.3 is 14.8 Å². The van der Waals surface area contributed by atoms with Gasteiger partial charge in [0, 0.05) is 11.6 Å². The smallest absolute Gasteiger partial charge is 0.161 e. The third-order valence-corrected chi connectivity index (χ3v) is 3.73. The van der Waals surface area contributed by atoms with Crippen LogP contribution in [-0.4, -0.2) is 19.8 Å². The predicted molar refractivity (Wildman–Crippen MR) is 85.3 cm³/mol. The van der Waals surface area contributed by atoms with Gasteiger partial charge in [-0.3, -0.25) is 0 Å². The number of halogens is 1. The highest BCUT2D eigenvalue weighted by Crippen LogP contribution is 2.36. The molecule has 0 aromatic heterocycles. The van der Waals surface area contributed by atoms with E-state index < -0.39 is 0 Å². The van der Waals surface area contributed by atoms with Gasteiger partial charge in [-0.2, -0.15) is 0 Å². The lowest BCUT2D eigenvalue weighted by molar-refractivity contribution is 0.171. The molecule has 3 nitrogen and oxygen atoms in total. The van der Waals surface area contributed by atoms with Gasteiger partial charge >= 0.3 is 0 Å².